The molecule has 1 saturated carbocycles. The topological polar surface area (TPSA) is 29.1 Å². The number of benzene rings is 1. The maximum Gasteiger partial charge on any atom is 0.224 e. The van der Waals surface area contributed by atoms with Crippen LogP contribution in [0.15, 0.2) is 18.2 Å². The summed E-state index contributed by atoms with van der Waals surface area (Å²) in [6.07, 6.45) is 4.35. The highest BCUT2D eigenvalue weighted by atomic mass is 35.5. The van der Waals surface area contributed by atoms with Crippen LogP contribution in [0.1, 0.15) is 31.2 Å². The zero-order valence-corrected chi connectivity index (χ0v) is 12.7. The Balaban J connectivity index is 1.93. The van der Waals surface area contributed by atoms with E-state index in [0.29, 0.717) is 12.4 Å². The molecular formula is C15H18Cl2FNO. The van der Waals surface area contributed by atoms with Gasteiger partial charge in [-0.1, -0.05) is 30.5 Å². The van der Waals surface area contributed by atoms with Crippen LogP contribution in [0.25, 0.3) is 0 Å². The van der Waals surface area contributed by atoms with Crippen LogP contribution in [0.4, 0.5) is 4.39 Å². The van der Waals surface area contributed by atoms with Gasteiger partial charge < -0.3 is 5.32 Å². The van der Waals surface area contributed by atoms with Crippen LogP contribution in [0, 0.1) is 11.2 Å². The third-order valence-electron chi connectivity index (χ3n) is 4.01. The molecule has 110 valence electrons. The van der Waals surface area contributed by atoms with Gasteiger partial charge in [0.2, 0.25) is 5.91 Å². The fourth-order valence-corrected chi connectivity index (χ4v) is 3.28. The van der Waals surface area contributed by atoms with E-state index in [1.54, 1.807) is 6.07 Å². The quantitative estimate of drug-likeness (QED) is 0.819. The maximum absolute atomic E-state index is 13.6. The van der Waals surface area contributed by atoms with Crippen molar-refractivity contribution < 1.29 is 9.18 Å². The molecule has 1 aliphatic carbocycles. The van der Waals surface area contributed by atoms with E-state index in [4.69, 9.17) is 23.2 Å². The van der Waals surface area contributed by atoms with Crippen LogP contribution >= 0.6 is 23.2 Å². The van der Waals surface area contributed by atoms with Crippen LogP contribution in [0.2, 0.25) is 5.02 Å². The Morgan fingerprint density at radius 3 is 2.65 bits per heavy atom. The van der Waals surface area contributed by atoms with Crippen molar-refractivity contribution in [3.63, 3.8) is 0 Å². The van der Waals surface area contributed by atoms with Crippen molar-refractivity contribution in [2.24, 2.45) is 5.41 Å². The van der Waals surface area contributed by atoms with E-state index >= 15 is 0 Å². The lowest BCUT2D eigenvalue weighted by molar-refractivity contribution is -0.120. The molecule has 1 N–H and O–H groups in total. The zero-order chi connectivity index (χ0) is 14.6. The van der Waals surface area contributed by atoms with Crippen LogP contribution in [-0.2, 0) is 11.2 Å². The molecule has 1 aliphatic rings. The molecular weight excluding hydrogens is 300 g/mol. The third-order valence-corrected chi connectivity index (χ3v) is 4.93. The molecule has 1 amide bonds. The van der Waals surface area contributed by atoms with Crippen LogP contribution in [0.3, 0.4) is 0 Å². The molecule has 0 spiro atoms. The Morgan fingerprint density at radius 1 is 1.35 bits per heavy atom. The minimum absolute atomic E-state index is 0.0102. The third kappa shape index (κ3) is 3.64. The summed E-state index contributed by atoms with van der Waals surface area (Å²) in [7, 11) is 0. The highest BCUT2D eigenvalue weighted by Crippen LogP contribution is 2.38. The van der Waals surface area contributed by atoms with Crippen molar-refractivity contribution in [3.05, 3.63) is 34.6 Å². The van der Waals surface area contributed by atoms with E-state index in [1.807, 2.05) is 0 Å². The van der Waals surface area contributed by atoms with Gasteiger partial charge in [-0.15, -0.1) is 11.6 Å². The Hall–Kier alpha value is -0.800. The Kier molecular flexibility index (Phi) is 5.28. The summed E-state index contributed by atoms with van der Waals surface area (Å²) in [5, 5.41) is 3.16. The summed E-state index contributed by atoms with van der Waals surface area (Å²) in [5.74, 6) is -0.109. The van der Waals surface area contributed by atoms with Gasteiger partial charge in [0.15, 0.2) is 0 Å². The SMILES string of the molecule is O=C(Cc1c(F)cccc1Cl)NCC1(CCl)CCCC1. The number of halogens is 3. The molecule has 0 unspecified atom stereocenters. The van der Waals surface area contributed by atoms with E-state index in [1.165, 1.54) is 12.1 Å². The Morgan fingerprint density at radius 2 is 2.05 bits per heavy atom. The van der Waals surface area contributed by atoms with Gasteiger partial charge in [-0.3, -0.25) is 4.79 Å². The summed E-state index contributed by atoms with van der Waals surface area (Å²) >= 11 is 11.9. The smallest absolute Gasteiger partial charge is 0.224 e. The average molecular weight is 318 g/mol. The molecule has 1 fully saturated rings. The van der Waals surface area contributed by atoms with E-state index in [-0.39, 0.29) is 28.3 Å². The summed E-state index contributed by atoms with van der Waals surface area (Å²) in [4.78, 5) is 12.0. The Labute approximate surface area is 128 Å². The lowest BCUT2D eigenvalue weighted by Crippen LogP contribution is -2.38. The van der Waals surface area contributed by atoms with Crippen molar-refractivity contribution in [2.45, 2.75) is 32.1 Å². The number of nitrogens with one attached hydrogen (secondary N) is 1. The van der Waals surface area contributed by atoms with E-state index in [2.05, 4.69) is 5.32 Å². The fourth-order valence-electron chi connectivity index (χ4n) is 2.69. The first kappa shape index (κ1) is 15.6. The first-order valence-electron chi connectivity index (χ1n) is 6.82. The summed E-state index contributed by atoms with van der Waals surface area (Å²) in [5.41, 5.74) is 0.258. The number of amides is 1. The van der Waals surface area contributed by atoms with Gasteiger partial charge >= 0.3 is 0 Å². The predicted molar refractivity (Wildman–Crippen MR) is 79.7 cm³/mol. The lowest BCUT2D eigenvalue weighted by atomic mass is 9.88. The van der Waals surface area contributed by atoms with E-state index in [9.17, 15) is 9.18 Å². The van der Waals surface area contributed by atoms with Crippen molar-refractivity contribution in [1.29, 1.82) is 0 Å². The normalized spacial score (nSPS) is 17.1. The second-order valence-corrected chi connectivity index (χ2v) is 6.17. The van der Waals surface area contributed by atoms with Crippen molar-refractivity contribution in [2.75, 3.05) is 12.4 Å². The molecule has 5 heteroatoms. The second-order valence-electron chi connectivity index (χ2n) is 5.49. The largest absolute Gasteiger partial charge is 0.355 e. The van der Waals surface area contributed by atoms with Gasteiger partial charge in [0.1, 0.15) is 5.82 Å². The van der Waals surface area contributed by atoms with Crippen molar-refractivity contribution in [3.8, 4) is 0 Å². The van der Waals surface area contributed by atoms with Crippen molar-refractivity contribution in [1.82, 2.24) is 5.32 Å². The van der Waals surface area contributed by atoms with Gasteiger partial charge in [0, 0.05) is 28.4 Å². The number of carbonyl (C=O) groups excluding carboxylic acids is 1. The predicted octanol–water partition coefficient (Wildman–Crippen LogP) is 3.94. The van der Waals surface area contributed by atoms with Gasteiger partial charge in [0.05, 0.1) is 6.42 Å². The molecule has 2 nitrogen and oxygen atoms in total. The summed E-state index contributed by atoms with van der Waals surface area (Å²) in [6.45, 7) is 0.557. The summed E-state index contributed by atoms with van der Waals surface area (Å²) < 4.78 is 13.6. The summed E-state index contributed by atoms with van der Waals surface area (Å²) in [6, 6.07) is 4.43. The van der Waals surface area contributed by atoms with Gasteiger partial charge in [-0.25, -0.2) is 4.39 Å². The standard InChI is InChI=1S/C15H18Cl2FNO/c16-9-15(6-1-2-7-15)10-19-14(20)8-11-12(17)4-3-5-13(11)18/h3-5H,1-2,6-10H2,(H,19,20). The van der Waals surface area contributed by atoms with Crippen LogP contribution < -0.4 is 5.32 Å². The number of hydrogen-bond donors (Lipinski definition) is 1. The Bertz CT molecular complexity index is 467. The monoisotopic (exact) mass is 317 g/mol. The number of alkyl halides is 1. The van der Waals surface area contributed by atoms with Gasteiger partial charge in [0.25, 0.3) is 0 Å². The molecule has 20 heavy (non-hydrogen) atoms. The molecule has 0 radical (unpaired) electrons. The maximum atomic E-state index is 13.6. The zero-order valence-electron chi connectivity index (χ0n) is 11.2. The molecule has 0 heterocycles. The van der Waals surface area contributed by atoms with Gasteiger partial charge in [-0.2, -0.15) is 0 Å². The molecule has 1 aromatic carbocycles. The number of rotatable bonds is 5. The van der Waals surface area contributed by atoms with Crippen molar-refractivity contribution >= 4 is 29.1 Å². The average Bonchev–Trinajstić information content (AvgIpc) is 2.90. The van der Waals surface area contributed by atoms with Crippen LogP contribution in [0.5, 0.6) is 0 Å². The highest BCUT2D eigenvalue weighted by molar-refractivity contribution is 6.31. The second kappa shape index (κ2) is 6.77. The first-order chi connectivity index (χ1) is 9.56. The molecule has 0 aromatic heterocycles. The van der Waals surface area contributed by atoms with Crippen LogP contribution in [-0.4, -0.2) is 18.3 Å². The van der Waals surface area contributed by atoms with E-state index < -0.39 is 5.82 Å². The molecule has 0 atom stereocenters. The number of carbonyl (C=O) groups is 1. The van der Waals surface area contributed by atoms with E-state index in [0.717, 1.165) is 25.7 Å². The van der Waals surface area contributed by atoms with Gasteiger partial charge in [-0.05, 0) is 25.0 Å². The lowest BCUT2D eigenvalue weighted by Gasteiger charge is -2.26. The molecule has 0 aliphatic heterocycles. The molecule has 0 saturated heterocycles. The molecule has 1 aromatic rings. The molecule has 0 bridgehead atoms. The minimum Gasteiger partial charge on any atom is -0.355 e. The fraction of sp³-hybridized carbons (Fsp3) is 0.533. The highest BCUT2D eigenvalue weighted by Gasteiger charge is 2.33. The number of hydrogen-bond acceptors (Lipinski definition) is 1. The first-order valence-corrected chi connectivity index (χ1v) is 7.73. The molecule has 2 rings (SSSR count). The minimum atomic E-state index is -0.444.